The van der Waals surface area contributed by atoms with Gasteiger partial charge in [-0.05, 0) is 28.5 Å². The van der Waals surface area contributed by atoms with Gasteiger partial charge in [0.05, 0.1) is 13.2 Å². The summed E-state index contributed by atoms with van der Waals surface area (Å²) in [5.41, 5.74) is 2.47. The molecular weight excluding hydrogens is 308 g/mol. The summed E-state index contributed by atoms with van der Waals surface area (Å²) in [5.74, 6) is 1.03. The second kappa shape index (κ2) is 7.15. The van der Waals surface area contributed by atoms with E-state index in [9.17, 15) is 4.79 Å². The third-order valence-electron chi connectivity index (χ3n) is 4.40. The van der Waals surface area contributed by atoms with Crippen LogP contribution in [0.4, 0.5) is 0 Å². The number of amides is 1. The van der Waals surface area contributed by atoms with E-state index in [0.29, 0.717) is 6.54 Å². The monoisotopic (exact) mass is 330 g/mol. The van der Waals surface area contributed by atoms with Crippen LogP contribution in [0.2, 0.25) is 0 Å². The van der Waals surface area contributed by atoms with Crippen molar-refractivity contribution >= 4 is 17.2 Å². The van der Waals surface area contributed by atoms with E-state index in [1.54, 1.807) is 25.4 Å². The summed E-state index contributed by atoms with van der Waals surface area (Å²) in [6.45, 7) is 4.91. The first-order valence-corrected chi connectivity index (χ1v) is 8.77. The average Bonchev–Trinajstić information content (AvgIpc) is 3.08. The Morgan fingerprint density at radius 3 is 2.83 bits per heavy atom. The highest BCUT2D eigenvalue weighted by Crippen LogP contribution is 2.33. The van der Waals surface area contributed by atoms with E-state index >= 15 is 0 Å². The van der Waals surface area contributed by atoms with Crippen molar-refractivity contribution in [1.29, 1.82) is 0 Å². The van der Waals surface area contributed by atoms with Gasteiger partial charge in [0, 0.05) is 38.7 Å². The number of benzene rings is 1. The molecular formula is C18H22N2O2S. The quantitative estimate of drug-likeness (QED) is 0.863. The largest absolute Gasteiger partial charge is 0.496 e. The van der Waals surface area contributed by atoms with Crippen LogP contribution in [0.5, 0.6) is 5.75 Å². The highest BCUT2D eigenvalue weighted by molar-refractivity contribution is 7.07. The van der Waals surface area contributed by atoms with Crippen molar-refractivity contribution < 1.29 is 9.53 Å². The lowest BCUT2D eigenvalue weighted by molar-refractivity contribution is -0.132. The van der Waals surface area contributed by atoms with E-state index in [4.69, 9.17) is 4.74 Å². The summed E-state index contributed by atoms with van der Waals surface area (Å²) < 4.78 is 5.55. The zero-order chi connectivity index (χ0) is 16.2. The number of carbonyl (C=O) groups is 1. The topological polar surface area (TPSA) is 32.8 Å². The molecule has 0 radical (unpaired) electrons. The fourth-order valence-electron chi connectivity index (χ4n) is 3.15. The van der Waals surface area contributed by atoms with E-state index < -0.39 is 0 Å². The molecule has 0 spiro atoms. The Labute approximate surface area is 141 Å². The molecule has 5 heteroatoms. The van der Waals surface area contributed by atoms with Crippen LogP contribution < -0.4 is 4.74 Å². The molecule has 1 aromatic heterocycles. The minimum atomic E-state index is 0.139. The van der Waals surface area contributed by atoms with Gasteiger partial charge in [-0.15, -0.1) is 0 Å². The van der Waals surface area contributed by atoms with Crippen LogP contribution >= 0.6 is 11.3 Å². The van der Waals surface area contributed by atoms with Crippen molar-refractivity contribution in [2.75, 3.05) is 26.7 Å². The Bertz CT molecular complexity index is 657. The number of rotatable bonds is 4. The third-order valence-corrected chi connectivity index (χ3v) is 5.13. The van der Waals surface area contributed by atoms with Crippen molar-refractivity contribution in [3.8, 4) is 5.75 Å². The molecule has 23 heavy (non-hydrogen) atoms. The number of thiophene rings is 1. The first kappa shape index (κ1) is 16.0. The summed E-state index contributed by atoms with van der Waals surface area (Å²) in [4.78, 5) is 16.2. The molecule has 2 aromatic rings. The van der Waals surface area contributed by atoms with Crippen molar-refractivity contribution in [2.24, 2.45) is 0 Å². The number of hydrogen-bond acceptors (Lipinski definition) is 4. The van der Waals surface area contributed by atoms with Crippen molar-refractivity contribution in [2.45, 2.75) is 19.5 Å². The number of para-hydroxylation sites is 1. The normalized spacial score (nSPS) is 18.9. The molecule has 0 N–H and O–H groups in total. The lowest BCUT2D eigenvalue weighted by Gasteiger charge is -2.41. The van der Waals surface area contributed by atoms with Gasteiger partial charge in [0.2, 0.25) is 5.91 Å². The lowest BCUT2D eigenvalue weighted by atomic mass is 10.0. The number of piperazine rings is 1. The maximum Gasteiger partial charge on any atom is 0.219 e. The van der Waals surface area contributed by atoms with E-state index in [-0.39, 0.29) is 11.9 Å². The van der Waals surface area contributed by atoms with Gasteiger partial charge in [-0.1, -0.05) is 18.2 Å². The average molecular weight is 330 g/mol. The molecule has 1 atom stereocenters. The number of nitrogens with zero attached hydrogens (tertiary/aromatic N) is 2. The summed E-state index contributed by atoms with van der Waals surface area (Å²) >= 11 is 1.72. The first-order chi connectivity index (χ1) is 11.2. The maximum absolute atomic E-state index is 11.8. The van der Waals surface area contributed by atoms with Gasteiger partial charge in [-0.25, -0.2) is 0 Å². The van der Waals surface area contributed by atoms with Crippen LogP contribution in [0.15, 0.2) is 41.1 Å². The molecule has 1 aromatic carbocycles. The molecule has 0 saturated carbocycles. The molecule has 4 nitrogen and oxygen atoms in total. The molecule has 0 bridgehead atoms. The van der Waals surface area contributed by atoms with Crippen molar-refractivity contribution in [1.82, 2.24) is 9.80 Å². The second-order valence-corrected chi connectivity index (χ2v) is 6.60. The molecule has 122 valence electrons. The zero-order valence-electron chi connectivity index (χ0n) is 13.6. The highest BCUT2D eigenvalue weighted by atomic mass is 32.1. The van der Waals surface area contributed by atoms with Crippen LogP contribution in [0.1, 0.15) is 24.1 Å². The number of ether oxygens (including phenoxy) is 1. The molecule has 3 rings (SSSR count). The van der Waals surface area contributed by atoms with Gasteiger partial charge in [0.25, 0.3) is 0 Å². The van der Waals surface area contributed by atoms with Gasteiger partial charge < -0.3 is 9.64 Å². The van der Waals surface area contributed by atoms with E-state index in [1.165, 1.54) is 5.56 Å². The van der Waals surface area contributed by atoms with Crippen LogP contribution in [0.3, 0.4) is 0 Å². The smallest absolute Gasteiger partial charge is 0.219 e. The summed E-state index contributed by atoms with van der Waals surface area (Å²) in [7, 11) is 1.70. The molecule has 2 heterocycles. The van der Waals surface area contributed by atoms with Crippen LogP contribution in [-0.4, -0.2) is 42.5 Å². The Hall–Kier alpha value is -1.85. The molecule has 1 fully saturated rings. The Balaban J connectivity index is 1.89. The molecule has 1 unspecified atom stereocenters. The molecule has 1 aliphatic rings. The van der Waals surface area contributed by atoms with Gasteiger partial charge in [-0.3, -0.25) is 9.69 Å². The van der Waals surface area contributed by atoms with Gasteiger partial charge in [0.15, 0.2) is 0 Å². The zero-order valence-corrected chi connectivity index (χ0v) is 14.4. The van der Waals surface area contributed by atoms with E-state index in [2.05, 4.69) is 27.8 Å². The third kappa shape index (κ3) is 3.57. The lowest BCUT2D eigenvalue weighted by Crippen LogP contribution is -2.49. The summed E-state index contributed by atoms with van der Waals surface area (Å²) in [6, 6.07) is 10.4. The predicted molar refractivity (Wildman–Crippen MR) is 92.7 cm³/mol. The summed E-state index contributed by atoms with van der Waals surface area (Å²) in [5, 5.41) is 4.30. The Morgan fingerprint density at radius 2 is 2.13 bits per heavy atom. The number of methoxy groups -OCH3 is 1. The SMILES string of the molecule is COc1ccccc1C1CN(C(C)=O)CCN1Cc1ccsc1. The van der Waals surface area contributed by atoms with Crippen LogP contribution in [-0.2, 0) is 11.3 Å². The van der Waals surface area contributed by atoms with Crippen molar-refractivity contribution in [3.05, 3.63) is 52.2 Å². The minimum absolute atomic E-state index is 0.139. The number of carbonyl (C=O) groups excluding carboxylic acids is 1. The van der Waals surface area contributed by atoms with Gasteiger partial charge >= 0.3 is 0 Å². The fraction of sp³-hybridized carbons (Fsp3) is 0.389. The van der Waals surface area contributed by atoms with E-state index in [1.807, 2.05) is 23.1 Å². The standard InChI is InChI=1S/C18H22N2O2S/c1-14(21)19-8-9-20(11-15-7-10-23-13-15)17(12-19)16-5-3-4-6-18(16)22-2/h3-7,10,13,17H,8-9,11-12H2,1-2H3. The minimum Gasteiger partial charge on any atom is -0.496 e. The second-order valence-electron chi connectivity index (χ2n) is 5.82. The first-order valence-electron chi connectivity index (χ1n) is 7.82. The molecule has 1 saturated heterocycles. The predicted octanol–water partition coefficient (Wildman–Crippen LogP) is 3.16. The van der Waals surface area contributed by atoms with Crippen LogP contribution in [0, 0.1) is 0 Å². The maximum atomic E-state index is 11.8. The van der Waals surface area contributed by atoms with Gasteiger partial charge in [-0.2, -0.15) is 11.3 Å². The van der Waals surface area contributed by atoms with Crippen molar-refractivity contribution in [3.63, 3.8) is 0 Å². The highest BCUT2D eigenvalue weighted by Gasteiger charge is 2.31. The molecule has 1 amide bonds. The number of hydrogen-bond donors (Lipinski definition) is 0. The fourth-order valence-corrected chi connectivity index (χ4v) is 3.81. The molecule has 1 aliphatic heterocycles. The Kier molecular flexibility index (Phi) is 4.98. The Morgan fingerprint density at radius 1 is 1.30 bits per heavy atom. The van der Waals surface area contributed by atoms with Crippen LogP contribution in [0.25, 0.3) is 0 Å². The van der Waals surface area contributed by atoms with E-state index in [0.717, 1.165) is 30.9 Å². The molecule has 0 aliphatic carbocycles. The summed E-state index contributed by atoms with van der Waals surface area (Å²) in [6.07, 6.45) is 0. The van der Waals surface area contributed by atoms with Gasteiger partial charge in [0.1, 0.15) is 5.75 Å².